The van der Waals surface area contributed by atoms with Crippen LogP contribution in [0.5, 0.6) is 11.5 Å². The molecule has 2 N–H and O–H groups in total. The minimum Gasteiger partial charge on any atom is -0.497 e. The second-order valence-corrected chi connectivity index (χ2v) is 5.46. The third-order valence-electron chi connectivity index (χ3n) is 3.92. The van der Waals surface area contributed by atoms with E-state index in [1.54, 1.807) is 14.2 Å². The largest absolute Gasteiger partial charge is 0.497 e. The standard InChI is InChI=1S/C16H25NO3/c1-11(17)15-8-7-13(19-3)10-16(15)20-14-6-4-5-12(9-14)18-2/h7-8,10-12,14H,4-6,9,17H2,1-3H3. The molecule has 2 rings (SSSR count). The maximum Gasteiger partial charge on any atom is 0.128 e. The highest BCUT2D eigenvalue weighted by Crippen LogP contribution is 2.32. The normalized spacial score (nSPS) is 24.2. The van der Waals surface area contributed by atoms with Gasteiger partial charge in [-0.1, -0.05) is 6.07 Å². The molecule has 0 radical (unpaired) electrons. The van der Waals surface area contributed by atoms with Gasteiger partial charge in [-0.15, -0.1) is 0 Å². The van der Waals surface area contributed by atoms with Gasteiger partial charge in [0, 0.05) is 31.2 Å². The van der Waals surface area contributed by atoms with E-state index in [1.807, 2.05) is 25.1 Å². The van der Waals surface area contributed by atoms with E-state index < -0.39 is 0 Å². The van der Waals surface area contributed by atoms with Crippen molar-refractivity contribution in [3.8, 4) is 11.5 Å². The first-order chi connectivity index (χ1) is 9.63. The van der Waals surface area contributed by atoms with Crippen LogP contribution in [-0.2, 0) is 4.74 Å². The Morgan fingerprint density at radius 3 is 2.60 bits per heavy atom. The zero-order chi connectivity index (χ0) is 14.5. The number of methoxy groups -OCH3 is 2. The molecule has 0 amide bonds. The summed E-state index contributed by atoms with van der Waals surface area (Å²) in [7, 11) is 3.43. The second-order valence-electron chi connectivity index (χ2n) is 5.46. The summed E-state index contributed by atoms with van der Waals surface area (Å²) in [5.41, 5.74) is 7.04. The van der Waals surface area contributed by atoms with E-state index in [0.29, 0.717) is 6.10 Å². The van der Waals surface area contributed by atoms with Crippen LogP contribution in [0, 0.1) is 0 Å². The molecule has 0 heterocycles. The van der Waals surface area contributed by atoms with Gasteiger partial charge in [0.05, 0.1) is 13.2 Å². The summed E-state index contributed by atoms with van der Waals surface area (Å²) in [5.74, 6) is 1.63. The van der Waals surface area contributed by atoms with E-state index in [-0.39, 0.29) is 12.1 Å². The van der Waals surface area contributed by atoms with Gasteiger partial charge in [-0.25, -0.2) is 0 Å². The number of ether oxygens (including phenoxy) is 3. The van der Waals surface area contributed by atoms with Gasteiger partial charge < -0.3 is 19.9 Å². The fourth-order valence-electron chi connectivity index (χ4n) is 2.72. The predicted octanol–water partition coefficient (Wildman–Crippen LogP) is 3.05. The SMILES string of the molecule is COc1ccc(C(C)N)c(OC2CCCC(OC)C2)c1. The van der Waals surface area contributed by atoms with Gasteiger partial charge in [-0.3, -0.25) is 0 Å². The molecule has 0 saturated heterocycles. The molecule has 1 aliphatic rings. The Bertz CT molecular complexity index is 434. The molecule has 0 aromatic heterocycles. The van der Waals surface area contributed by atoms with Crippen LogP contribution < -0.4 is 15.2 Å². The average Bonchev–Trinajstić information content (AvgIpc) is 2.47. The van der Waals surface area contributed by atoms with Crippen LogP contribution >= 0.6 is 0 Å². The van der Waals surface area contributed by atoms with Crippen molar-refractivity contribution in [2.75, 3.05) is 14.2 Å². The first kappa shape index (κ1) is 15.1. The van der Waals surface area contributed by atoms with E-state index in [9.17, 15) is 0 Å². The molecule has 3 atom stereocenters. The molecule has 1 fully saturated rings. The average molecular weight is 279 g/mol. The van der Waals surface area contributed by atoms with Crippen molar-refractivity contribution >= 4 is 0 Å². The molecule has 0 bridgehead atoms. The Balaban J connectivity index is 2.14. The quantitative estimate of drug-likeness (QED) is 0.900. The summed E-state index contributed by atoms with van der Waals surface area (Å²) in [6, 6.07) is 5.77. The molecular weight excluding hydrogens is 254 g/mol. The van der Waals surface area contributed by atoms with Crippen LogP contribution in [0.3, 0.4) is 0 Å². The highest BCUT2D eigenvalue weighted by atomic mass is 16.5. The first-order valence-electron chi connectivity index (χ1n) is 7.27. The Morgan fingerprint density at radius 1 is 1.20 bits per heavy atom. The third kappa shape index (κ3) is 3.64. The molecule has 1 aliphatic carbocycles. The van der Waals surface area contributed by atoms with Crippen molar-refractivity contribution in [1.82, 2.24) is 0 Å². The number of hydrogen-bond donors (Lipinski definition) is 1. The van der Waals surface area contributed by atoms with E-state index in [1.165, 1.54) is 0 Å². The Morgan fingerprint density at radius 2 is 1.95 bits per heavy atom. The summed E-state index contributed by atoms with van der Waals surface area (Å²) < 4.78 is 16.9. The van der Waals surface area contributed by atoms with E-state index >= 15 is 0 Å². The molecule has 3 unspecified atom stereocenters. The van der Waals surface area contributed by atoms with Gasteiger partial charge >= 0.3 is 0 Å². The van der Waals surface area contributed by atoms with E-state index in [0.717, 1.165) is 42.7 Å². The molecule has 4 heteroatoms. The number of hydrogen-bond acceptors (Lipinski definition) is 4. The van der Waals surface area contributed by atoms with Crippen molar-refractivity contribution in [2.45, 2.75) is 50.9 Å². The third-order valence-corrected chi connectivity index (χ3v) is 3.92. The lowest BCUT2D eigenvalue weighted by Crippen LogP contribution is -2.30. The lowest BCUT2D eigenvalue weighted by atomic mass is 9.94. The van der Waals surface area contributed by atoms with Gasteiger partial charge in [0.2, 0.25) is 0 Å². The molecule has 0 aliphatic heterocycles. The summed E-state index contributed by atoms with van der Waals surface area (Å²) in [6.07, 6.45) is 4.76. The molecule has 1 saturated carbocycles. The summed E-state index contributed by atoms with van der Waals surface area (Å²) >= 11 is 0. The number of benzene rings is 1. The van der Waals surface area contributed by atoms with Crippen LogP contribution in [0.4, 0.5) is 0 Å². The maximum atomic E-state index is 6.18. The molecule has 1 aromatic carbocycles. The van der Waals surface area contributed by atoms with Gasteiger partial charge in [0.15, 0.2) is 0 Å². The Hall–Kier alpha value is -1.26. The van der Waals surface area contributed by atoms with Crippen molar-refractivity contribution in [2.24, 2.45) is 5.73 Å². The smallest absolute Gasteiger partial charge is 0.128 e. The molecule has 1 aromatic rings. The van der Waals surface area contributed by atoms with Crippen molar-refractivity contribution in [3.05, 3.63) is 23.8 Å². The second kappa shape index (κ2) is 6.95. The number of rotatable bonds is 5. The first-order valence-corrected chi connectivity index (χ1v) is 7.27. The fraction of sp³-hybridized carbons (Fsp3) is 0.625. The topological polar surface area (TPSA) is 53.7 Å². The van der Waals surface area contributed by atoms with Crippen LogP contribution in [0.2, 0.25) is 0 Å². The number of nitrogens with two attached hydrogens (primary N) is 1. The predicted molar refractivity (Wildman–Crippen MR) is 79.3 cm³/mol. The molecule has 4 nitrogen and oxygen atoms in total. The van der Waals surface area contributed by atoms with Crippen LogP contribution in [0.15, 0.2) is 18.2 Å². The van der Waals surface area contributed by atoms with Crippen molar-refractivity contribution in [3.63, 3.8) is 0 Å². The monoisotopic (exact) mass is 279 g/mol. The van der Waals surface area contributed by atoms with Crippen molar-refractivity contribution in [1.29, 1.82) is 0 Å². The van der Waals surface area contributed by atoms with Gasteiger partial charge in [0.1, 0.15) is 17.6 Å². The minimum absolute atomic E-state index is 0.0577. The van der Waals surface area contributed by atoms with Gasteiger partial charge in [0.25, 0.3) is 0 Å². The summed E-state index contributed by atoms with van der Waals surface area (Å²) in [5, 5.41) is 0. The fourth-order valence-corrected chi connectivity index (χ4v) is 2.72. The van der Waals surface area contributed by atoms with Gasteiger partial charge in [-0.2, -0.15) is 0 Å². The summed E-state index contributed by atoms with van der Waals surface area (Å²) in [4.78, 5) is 0. The minimum atomic E-state index is -0.0577. The van der Waals surface area contributed by atoms with Crippen LogP contribution in [0.25, 0.3) is 0 Å². The highest BCUT2D eigenvalue weighted by Gasteiger charge is 2.24. The zero-order valence-electron chi connectivity index (χ0n) is 12.6. The van der Waals surface area contributed by atoms with Crippen LogP contribution in [-0.4, -0.2) is 26.4 Å². The highest BCUT2D eigenvalue weighted by molar-refractivity contribution is 5.42. The zero-order valence-corrected chi connectivity index (χ0v) is 12.6. The molecule has 0 spiro atoms. The van der Waals surface area contributed by atoms with E-state index in [4.69, 9.17) is 19.9 Å². The molecule has 112 valence electrons. The van der Waals surface area contributed by atoms with Crippen molar-refractivity contribution < 1.29 is 14.2 Å². The van der Waals surface area contributed by atoms with Crippen LogP contribution in [0.1, 0.15) is 44.2 Å². The lowest BCUT2D eigenvalue weighted by Gasteiger charge is -2.29. The maximum absolute atomic E-state index is 6.18. The molecular formula is C16H25NO3. The lowest BCUT2D eigenvalue weighted by molar-refractivity contribution is 0.0205. The molecule has 20 heavy (non-hydrogen) atoms. The van der Waals surface area contributed by atoms with E-state index in [2.05, 4.69) is 0 Å². The van der Waals surface area contributed by atoms with Gasteiger partial charge in [-0.05, 0) is 32.3 Å². The Labute approximate surface area is 121 Å². The Kier molecular flexibility index (Phi) is 5.26. The summed E-state index contributed by atoms with van der Waals surface area (Å²) in [6.45, 7) is 1.97.